The summed E-state index contributed by atoms with van der Waals surface area (Å²) in [5, 5.41) is 27.6. The van der Waals surface area contributed by atoms with Gasteiger partial charge in [0, 0.05) is 19.6 Å². The van der Waals surface area contributed by atoms with Gasteiger partial charge in [0.15, 0.2) is 0 Å². The Morgan fingerprint density at radius 3 is 2.21 bits per heavy atom. The molecule has 1 aromatic rings. The molecule has 0 spiro atoms. The molecule has 0 aliphatic heterocycles. The van der Waals surface area contributed by atoms with Crippen LogP contribution in [0.15, 0.2) is 24.3 Å². The predicted molar refractivity (Wildman–Crippen MR) is 73.3 cm³/mol. The summed E-state index contributed by atoms with van der Waals surface area (Å²) in [6, 6.07) is 7.62. The predicted octanol–water partition coefficient (Wildman–Crippen LogP) is 0.0213. The average molecular weight is 269 g/mol. The van der Waals surface area contributed by atoms with E-state index in [0.29, 0.717) is 19.6 Å². The van der Waals surface area contributed by atoms with Gasteiger partial charge >= 0.3 is 0 Å². The number of ether oxygens (including phenoxy) is 1. The zero-order valence-corrected chi connectivity index (χ0v) is 11.3. The minimum atomic E-state index is -0.653. The summed E-state index contributed by atoms with van der Waals surface area (Å²) in [5.41, 5.74) is 1.16. The van der Waals surface area contributed by atoms with Crippen molar-refractivity contribution in [2.75, 3.05) is 39.5 Å². The van der Waals surface area contributed by atoms with Gasteiger partial charge in [-0.05, 0) is 19.1 Å². The molecular formula is C14H23NO4. The van der Waals surface area contributed by atoms with Gasteiger partial charge in [-0.1, -0.05) is 17.7 Å². The number of hydrogen-bond donors (Lipinski definition) is 3. The maximum atomic E-state index is 9.86. The van der Waals surface area contributed by atoms with Crippen molar-refractivity contribution in [2.45, 2.75) is 13.0 Å². The van der Waals surface area contributed by atoms with Crippen LogP contribution in [0, 0.1) is 6.92 Å². The van der Waals surface area contributed by atoms with Gasteiger partial charge in [0.2, 0.25) is 0 Å². The first-order valence-electron chi connectivity index (χ1n) is 6.47. The van der Waals surface area contributed by atoms with Crippen molar-refractivity contribution < 1.29 is 20.1 Å². The quantitative estimate of drug-likeness (QED) is 0.589. The lowest BCUT2D eigenvalue weighted by atomic mass is 10.2. The van der Waals surface area contributed by atoms with Crippen molar-refractivity contribution in [3.63, 3.8) is 0 Å². The van der Waals surface area contributed by atoms with Crippen LogP contribution in [0.2, 0.25) is 0 Å². The average Bonchev–Trinajstić information content (AvgIpc) is 2.39. The first-order chi connectivity index (χ1) is 9.15. The van der Waals surface area contributed by atoms with Crippen LogP contribution >= 0.6 is 0 Å². The minimum Gasteiger partial charge on any atom is -0.491 e. The SMILES string of the molecule is Cc1ccc(OC[C@H](O)CN(CCO)CCO)cc1. The van der Waals surface area contributed by atoms with E-state index in [-0.39, 0.29) is 19.8 Å². The normalized spacial score (nSPS) is 12.7. The highest BCUT2D eigenvalue weighted by molar-refractivity contribution is 5.26. The maximum Gasteiger partial charge on any atom is 0.119 e. The maximum absolute atomic E-state index is 9.86. The molecule has 0 radical (unpaired) electrons. The van der Waals surface area contributed by atoms with E-state index in [9.17, 15) is 5.11 Å². The van der Waals surface area contributed by atoms with E-state index in [4.69, 9.17) is 14.9 Å². The van der Waals surface area contributed by atoms with Gasteiger partial charge in [-0.25, -0.2) is 0 Å². The van der Waals surface area contributed by atoms with Crippen molar-refractivity contribution in [3.8, 4) is 5.75 Å². The van der Waals surface area contributed by atoms with Crippen molar-refractivity contribution >= 4 is 0 Å². The van der Waals surface area contributed by atoms with E-state index in [1.807, 2.05) is 31.2 Å². The zero-order valence-electron chi connectivity index (χ0n) is 11.3. The molecule has 5 heteroatoms. The second-order valence-corrected chi connectivity index (χ2v) is 4.53. The van der Waals surface area contributed by atoms with Gasteiger partial charge in [-0.2, -0.15) is 0 Å². The zero-order chi connectivity index (χ0) is 14.1. The van der Waals surface area contributed by atoms with Crippen LogP contribution in [-0.2, 0) is 0 Å². The molecule has 0 heterocycles. The van der Waals surface area contributed by atoms with Crippen LogP contribution in [0.25, 0.3) is 0 Å². The summed E-state index contributed by atoms with van der Waals surface area (Å²) in [7, 11) is 0. The van der Waals surface area contributed by atoms with Crippen LogP contribution in [0.1, 0.15) is 5.56 Å². The fourth-order valence-electron chi connectivity index (χ4n) is 1.75. The van der Waals surface area contributed by atoms with Crippen LogP contribution < -0.4 is 4.74 Å². The van der Waals surface area contributed by atoms with Crippen LogP contribution in [0.3, 0.4) is 0 Å². The molecule has 5 nitrogen and oxygen atoms in total. The Kier molecular flexibility index (Phi) is 7.43. The van der Waals surface area contributed by atoms with Crippen LogP contribution in [0.5, 0.6) is 5.75 Å². The standard InChI is InChI=1S/C14H23NO4/c1-12-2-4-14(5-3-12)19-11-13(18)10-15(6-8-16)7-9-17/h2-5,13,16-18H,6-11H2,1H3/t13-/m1/s1. The van der Waals surface area contributed by atoms with Crippen LogP contribution in [0.4, 0.5) is 0 Å². The second-order valence-electron chi connectivity index (χ2n) is 4.53. The molecule has 0 saturated carbocycles. The molecule has 1 rings (SSSR count). The monoisotopic (exact) mass is 269 g/mol. The molecule has 0 fully saturated rings. The highest BCUT2D eigenvalue weighted by Crippen LogP contribution is 2.11. The molecule has 108 valence electrons. The van der Waals surface area contributed by atoms with E-state index < -0.39 is 6.10 Å². The summed E-state index contributed by atoms with van der Waals surface area (Å²) in [4.78, 5) is 1.79. The molecule has 0 aliphatic carbocycles. The summed E-state index contributed by atoms with van der Waals surface area (Å²) >= 11 is 0. The topological polar surface area (TPSA) is 73.2 Å². The fraction of sp³-hybridized carbons (Fsp3) is 0.571. The van der Waals surface area contributed by atoms with Gasteiger partial charge in [0.1, 0.15) is 18.5 Å². The van der Waals surface area contributed by atoms with E-state index >= 15 is 0 Å². The Labute approximate surface area is 114 Å². The molecule has 0 amide bonds. The minimum absolute atomic E-state index is 0.00550. The largest absolute Gasteiger partial charge is 0.491 e. The third-order valence-corrected chi connectivity index (χ3v) is 2.76. The Bertz CT molecular complexity index is 336. The smallest absolute Gasteiger partial charge is 0.119 e. The molecule has 1 atom stereocenters. The summed E-state index contributed by atoms with van der Waals surface area (Å²) in [6.07, 6.45) is -0.653. The van der Waals surface area contributed by atoms with Gasteiger partial charge < -0.3 is 20.1 Å². The lowest BCUT2D eigenvalue weighted by molar-refractivity contribution is 0.0552. The lowest BCUT2D eigenvalue weighted by Crippen LogP contribution is -2.38. The first-order valence-corrected chi connectivity index (χ1v) is 6.47. The first kappa shape index (κ1) is 15.9. The third kappa shape index (κ3) is 6.54. The summed E-state index contributed by atoms with van der Waals surface area (Å²) in [5.74, 6) is 0.723. The third-order valence-electron chi connectivity index (χ3n) is 2.76. The van der Waals surface area contributed by atoms with Crippen molar-refractivity contribution in [1.29, 1.82) is 0 Å². The molecule has 0 aliphatic rings. The number of aryl methyl sites for hydroxylation is 1. The van der Waals surface area contributed by atoms with Gasteiger partial charge in [0.05, 0.1) is 13.2 Å². The van der Waals surface area contributed by atoms with E-state index in [2.05, 4.69) is 0 Å². The Balaban J connectivity index is 2.33. The van der Waals surface area contributed by atoms with Crippen molar-refractivity contribution in [1.82, 2.24) is 4.90 Å². The molecule has 19 heavy (non-hydrogen) atoms. The number of aliphatic hydroxyl groups is 3. The molecule has 0 bridgehead atoms. The highest BCUT2D eigenvalue weighted by atomic mass is 16.5. The second kappa shape index (κ2) is 8.87. The molecule has 1 aromatic carbocycles. The van der Waals surface area contributed by atoms with Gasteiger partial charge in [0.25, 0.3) is 0 Å². The number of aliphatic hydroxyl groups excluding tert-OH is 3. The molecule has 0 unspecified atom stereocenters. The van der Waals surface area contributed by atoms with Crippen molar-refractivity contribution in [2.24, 2.45) is 0 Å². The van der Waals surface area contributed by atoms with E-state index in [1.54, 1.807) is 4.90 Å². The number of hydrogen-bond acceptors (Lipinski definition) is 5. The summed E-state index contributed by atoms with van der Waals surface area (Å²) in [6.45, 7) is 3.44. The molecule has 0 saturated heterocycles. The molecule has 0 aromatic heterocycles. The van der Waals surface area contributed by atoms with Crippen molar-refractivity contribution in [3.05, 3.63) is 29.8 Å². The van der Waals surface area contributed by atoms with Crippen LogP contribution in [-0.4, -0.2) is 65.8 Å². The lowest BCUT2D eigenvalue weighted by Gasteiger charge is -2.23. The van der Waals surface area contributed by atoms with Gasteiger partial charge in [-0.3, -0.25) is 4.90 Å². The fourth-order valence-corrected chi connectivity index (χ4v) is 1.75. The molecular weight excluding hydrogens is 246 g/mol. The Morgan fingerprint density at radius 2 is 1.68 bits per heavy atom. The van der Waals surface area contributed by atoms with Gasteiger partial charge in [-0.15, -0.1) is 0 Å². The Hall–Kier alpha value is -1.14. The summed E-state index contributed by atoms with van der Waals surface area (Å²) < 4.78 is 5.48. The van der Waals surface area contributed by atoms with E-state index in [0.717, 1.165) is 11.3 Å². The Morgan fingerprint density at radius 1 is 1.11 bits per heavy atom. The number of nitrogens with zero attached hydrogens (tertiary/aromatic N) is 1. The van der Waals surface area contributed by atoms with E-state index in [1.165, 1.54) is 0 Å². The molecule has 3 N–H and O–H groups in total. The number of rotatable bonds is 9. The highest BCUT2D eigenvalue weighted by Gasteiger charge is 2.11. The number of benzene rings is 1.